The second kappa shape index (κ2) is 11.5. The number of ether oxygens (including phenoxy) is 3. The molecule has 0 fully saturated rings. The van der Waals surface area contributed by atoms with E-state index in [0.717, 1.165) is 27.1 Å². The van der Waals surface area contributed by atoms with Gasteiger partial charge < -0.3 is 14.2 Å². The van der Waals surface area contributed by atoms with Gasteiger partial charge in [-0.15, -0.1) is 0 Å². The highest BCUT2D eigenvalue weighted by Gasteiger charge is 2.11. The first-order valence-electron chi connectivity index (χ1n) is 9.24. The molecule has 0 aliphatic heterocycles. The zero-order valence-electron chi connectivity index (χ0n) is 16.3. The largest absolute Gasteiger partial charge is 0.494 e. The van der Waals surface area contributed by atoms with Gasteiger partial charge in [-0.25, -0.2) is 5.43 Å². The summed E-state index contributed by atoms with van der Waals surface area (Å²) in [6.07, 6.45) is 2.52. The standard InChI is InChI=1S/C21H25IN2O4/c1-4-11-28-17-9-7-16(8-10-17)21(25)24-23-14-15-12-18(22)20(27-6-3)19(13-15)26-5-2/h7-10,12-14H,4-6,11H2,1-3H3,(H,24,25)/b23-14-. The molecule has 1 N–H and O–H groups in total. The highest BCUT2D eigenvalue weighted by atomic mass is 127. The second-order valence-electron chi connectivity index (χ2n) is 5.77. The maximum absolute atomic E-state index is 12.2. The lowest BCUT2D eigenvalue weighted by Crippen LogP contribution is -2.17. The molecule has 7 heteroatoms. The molecular weight excluding hydrogens is 471 g/mol. The molecule has 0 atom stereocenters. The van der Waals surface area contributed by atoms with Gasteiger partial charge in [0.05, 0.1) is 29.6 Å². The van der Waals surface area contributed by atoms with Crippen molar-refractivity contribution in [2.75, 3.05) is 19.8 Å². The topological polar surface area (TPSA) is 69.2 Å². The molecule has 0 unspecified atom stereocenters. The van der Waals surface area contributed by atoms with Crippen LogP contribution in [0, 0.1) is 3.57 Å². The monoisotopic (exact) mass is 496 g/mol. The van der Waals surface area contributed by atoms with Crippen molar-refractivity contribution in [3.8, 4) is 17.2 Å². The number of halogens is 1. The molecular formula is C21H25IN2O4. The Morgan fingerprint density at radius 2 is 1.79 bits per heavy atom. The van der Waals surface area contributed by atoms with E-state index >= 15 is 0 Å². The number of hydrogen-bond donors (Lipinski definition) is 1. The first-order valence-corrected chi connectivity index (χ1v) is 10.3. The van der Waals surface area contributed by atoms with Crippen molar-refractivity contribution in [1.29, 1.82) is 0 Å². The molecule has 2 rings (SSSR count). The summed E-state index contributed by atoms with van der Waals surface area (Å²) in [6.45, 7) is 7.64. The fraction of sp³-hybridized carbons (Fsp3) is 0.333. The SMILES string of the molecule is CCCOc1ccc(C(=O)N/N=C\c2cc(I)c(OCC)c(OCC)c2)cc1. The molecule has 0 saturated carbocycles. The Morgan fingerprint density at radius 1 is 1.07 bits per heavy atom. The van der Waals surface area contributed by atoms with Crippen LogP contribution in [-0.4, -0.2) is 31.9 Å². The van der Waals surface area contributed by atoms with Crippen LogP contribution < -0.4 is 19.6 Å². The van der Waals surface area contributed by atoms with Crippen LogP contribution in [0.3, 0.4) is 0 Å². The first-order chi connectivity index (χ1) is 13.6. The van der Waals surface area contributed by atoms with Crippen molar-refractivity contribution < 1.29 is 19.0 Å². The highest BCUT2D eigenvalue weighted by molar-refractivity contribution is 14.1. The van der Waals surface area contributed by atoms with Crippen LogP contribution in [0.25, 0.3) is 0 Å². The van der Waals surface area contributed by atoms with E-state index in [2.05, 4.69) is 33.1 Å². The average molecular weight is 496 g/mol. The van der Waals surface area contributed by atoms with Crippen molar-refractivity contribution in [2.24, 2.45) is 5.10 Å². The Balaban J connectivity index is 2.04. The number of amides is 1. The van der Waals surface area contributed by atoms with Crippen LogP contribution in [0.1, 0.15) is 43.1 Å². The van der Waals surface area contributed by atoms with Gasteiger partial charge in [0.2, 0.25) is 0 Å². The van der Waals surface area contributed by atoms with Gasteiger partial charge in [0.25, 0.3) is 5.91 Å². The summed E-state index contributed by atoms with van der Waals surface area (Å²) in [5.41, 5.74) is 3.85. The molecule has 0 aromatic heterocycles. The Hall–Kier alpha value is -2.29. The molecule has 150 valence electrons. The minimum Gasteiger partial charge on any atom is -0.494 e. The lowest BCUT2D eigenvalue weighted by molar-refractivity contribution is 0.0955. The van der Waals surface area contributed by atoms with Gasteiger partial charge in [0, 0.05) is 5.56 Å². The Kier molecular flexibility index (Phi) is 9.06. The van der Waals surface area contributed by atoms with E-state index in [9.17, 15) is 4.79 Å². The first kappa shape index (κ1) is 22.0. The third kappa shape index (κ3) is 6.40. The number of benzene rings is 2. The van der Waals surface area contributed by atoms with Gasteiger partial charge in [-0.2, -0.15) is 5.10 Å². The lowest BCUT2D eigenvalue weighted by atomic mass is 10.2. The summed E-state index contributed by atoms with van der Waals surface area (Å²) in [7, 11) is 0. The van der Waals surface area contributed by atoms with Crippen molar-refractivity contribution in [1.82, 2.24) is 5.43 Å². The summed E-state index contributed by atoms with van der Waals surface area (Å²) in [4.78, 5) is 12.2. The van der Waals surface area contributed by atoms with Crippen molar-refractivity contribution in [3.63, 3.8) is 0 Å². The lowest BCUT2D eigenvalue weighted by Gasteiger charge is -2.13. The molecule has 28 heavy (non-hydrogen) atoms. The fourth-order valence-corrected chi connectivity index (χ4v) is 3.14. The quantitative estimate of drug-likeness (QED) is 0.296. The summed E-state index contributed by atoms with van der Waals surface area (Å²) in [5.74, 6) is 1.83. The van der Waals surface area contributed by atoms with Gasteiger partial charge in [-0.1, -0.05) is 6.92 Å². The predicted octanol–water partition coefficient (Wildman–Crippen LogP) is 4.64. The Labute approximate surface area is 179 Å². The number of hydrazone groups is 1. The van der Waals surface area contributed by atoms with Gasteiger partial charge >= 0.3 is 0 Å². The molecule has 0 aliphatic rings. The zero-order chi connectivity index (χ0) is 20.4. The van der Waals surface area contributed by atoms with Crippen molar-refractivity contribution in [3.05, 3.63) is 51.1 Å². The van der Waals surface area contributed by atoms with E-state index in [1.807, 2.05) is 32.9 Å². The minimum absolute atomic E-state index is 0.288. The number of rotatable bonds is 10. The Morgan fingerprint density at radius 3 is 2.43 bits per heavy atom. The van der Waals surface area contributed by atoms with E-state index in [4.69, 9.17) is 14.2 Å². The second-order valence-corrected chi connectivity index (χ2v) is 6.93. The number of carbonyl (C=O) groups is 1. The van der Waals surface area contributed by atoms with E-state index < -0.39 is 0 Å². The van der Waals surface area contributed by atoms with Crippen molar-refractivity contribution >= 4 is 34.7 Å². The molecule has 0 bridgehead atoms. The third-order valence-corrected chi connectivity index (χ3v) is 4.39. The third-order valence-electron chi connectivity index (χ3n) is 3.59. The average Bonchev–Trinajstić information content (AvgIpc) is 2.69. The maximum atomic E-state index is 12.2. The molecule has 0 aliphatic carbocycles. The minimum atomic E-state index is -0.288. The molecule has 0 heterocycles. The molecule has 2 aromatic carbocycles. The zero-order valence-corrected chi connectivity index (χ0v) is 18.5. The fourth-order valence-electron chi connectivity index (χ4n) is 2.36. The summed E-state index contributed by atoms with van der Waals surface area (Å²) >= 11 is 2.20. The normalized spacial score (nSPS) is 10.7. The van der Waals surface area contributed by atoms with Gasteiger partial charge in [-0.05, 0) is 84.8 Å². The van der Waals surface area contributed by atoms with Crippen LogP contribution in [0.4, 0.5) is 0 Å². The number of carbonyl (C=O) groups excluding carboxylic acids is 1. The number of hydrogen-bond acceptors (Lipinski definition) is 5. The molecule has 0 spiro atoms. The van der Waals surface area contributed by atoms with Crippen LogP contribution >= 0.6 is 22.6 Å². The number of nitrogens with one attached hydrogen (secondary N) is 1. The van der Waals surface area contributed by atoms with Crippen LogP contribution in [0.5, 0.6) is 17.2 Å². The molecule has 2 aromatic rings. The van der Waals surface area contributed by atoms with Crippen LogP contribution in [0.15, 0.2) is 41.5 Å². The van der Waals surface area contributed by atoms with Crippen LogP contribution in [-0.2, 0) is 0 Å². The van der Waals surface area contributed by atoms with Gasteiger partial charge in [-0.3, -0.25) is 4.79 Å². The smallest absolute Gasteiger partial charge is 0.271 e. The van der Waals surface area contributed by atoms with Gasteiger partial charge in [0.15, 0.2) is 11.5 Å². The summed E-state index contributed by atoms with van der Waals surface area (Å²) < 4.78 is 17.7. The van der Waals surface area contributed by atoms with Crippen LogP contribution in [0.2, 0.25) is 0 Å². The predicted molar refractivity (Wildman–Crippen MR) is 119 cm³/mol. The van der Waals surface area contributed by atoms with E-state index in [1.54, 1.807) is 30.5 Å². The van der Waals surface area contributed by atoms with Crippen molar-refractivity contribution in [2.45, 2.75) is 27.2 Å². The molecule has 0 radical (unpaired) electrons. The van der Waals surface area contributed by atoms with E-state index in [1.165, 1.54) is 0 Å². The molecule has 1 amide bonds. The molecule has 0 saturated heterocycles. The van der Waals surface area contributed by atoms with E-state index in [-0.39, 0.29) is 5.91 Å². The summed E-state index contributed by atoms with van der Waals surface area (Å²) in [5, 5.41) is 4.05. The Bertz CT molecular complexity index is 807. The summed E-state index contributed by atoms with van der Waals surface area (Å²) in [6, 6.07) is 10.7. The highest BCUT2D eigenvalue weighted by Crippen LogP contribution is 2.33. The molecule has 6 nitrogen and oxygen atoms in total. The van der Waals surface area contributed by atoms with Gasteiger partial charge in [0.1, 0.15) is 5.75 Å². The van der Waals surface area contributed by atoms with E-state index in [0.29, 0.717) is 31.1 Å². The maximum Gasteiger partial charge on any atom is 0.271 e. The number of nitrogens with zero attached hydrogens (tertiary/aromatic N) is 1.